The normalized spacial score (nSPS) is 10.9. The molecule has 3 rings (SSSR count). The average Bonchev–Trinajstić information content (AvgIpc) is 2.78. The quantitative estimate of drug-likeness (QED) is 0.514. The van der Waals surface area contributed by atoms with E-state index < -0.39 is 15.7 Å². The molecule has 0 unspecified atom stereocenters. The monoisotopic (exact) mass is 452 g/mol. The number of nitrogens with one attached hydrogen (secondary N) is 2. The number of hydrogen-bond acceptors (Lipinski definition) is 5. The van der Waals surface area contributed by atoms with Crippen LogP contribution >= 0.6 is 0 Å². The molecule has 0 bridgehead atoms. The maximum absolute atomic E-state index is 12.4. The second-order valence-corrected chi connectivity index (χ2v) is 9.27. The molecule has 2 amide bonds. The van der Waals surface area contributed by atoms with Crippen molar-refractivity contribution in [2.45, 2.75) is 18.2 Å². The van der Waals surface area contributed by atoms with Crippen molar-refractivity contribution in [2.75, 3.05) is 23.0 Å². The van der Waals surface area contributed by atoms with Crippen molar-refractivity contribution in [2.24, 2.45) is 0 Å². The number of benzene rings is 3. The first-order valence-corrected chi connectivity index (χ1v) is 11.6. The van der Waals surface area contributed by atoms with Crippen molar-refractivity contribution in [3.63, 3.8) is 0 Å². The molecule has 0 aliphatic carbocycles. The van der Waals surface area contributed by atoms with Crippen molar-refractivity contribution < 1.29 is 22.7 Å². The number of para-hydroxylation sites is 1. The van der Waals surface area contributed by atoms with E-state index in [0.717, 1.165) is 5.56 Å². The van der Waals surface area contributed by atoms with Gasteiger partial charge in [0.1, 0.15) is 5.75 Å². The van der Waals surface area contributed by atoms with Gasteiger partial charge in [-0.3, -0.25) is 9.59 Å². The maximum atomic E-state index is 12.4. The Morgan fingerprint density at radius 2 is 1.47 bits per heavy atom. The molecular formula is C24H24N2O5S. The summed E-state index contributed by atoms with van der Waals surface area (Å²) in [5, 5.41) is 5.37. The summed E-state index contributed by atoms with van der Waals surface area (Å²) in [5.41, 5.74) is 2.08. The summed E-state index contributed by atoms with van der Waals surface area (Å²) in [6, 6.07) is 22.1. The Morgan fingerprint density at radius 1 is 0.812 bits per heavy atom. The standard InChI is InChI=1S/C24H24N2O5S/c1-18-10-12-22(13-11-18)32(29,30)15-14-23(27)26-20-8-5-9-21(16-20)31-17-24(28)25-19-6-3-2-4-7-19/h2-13,16H,14-15,17H2,1H3,(H,25,28)(H,26,27). The third-order valence-corrected chi connectivity index (χ3v) is 6.26. The van der Waals surface area contributed by atoms with Crippen LogP contribution in [0.3, 0.4) is 0 Å². The second-order valence-electron chi connectivity index (χ2n) is 7.16. The minimum atomic E-state index is -3.55. The summed E-state index contributed by atoms with van der Waals surface area (Å²) >= 11 is 0. The average molecular weight is 453 g/mol. The van der Waals surface area contributed by atoms with Gasteiger partial charge in [-0.25, -0.2) is 8.42 Å². The fourth-order valence-electron chi connectivity index (χ4n) is 2.85. The van der Waals surface area contributed by atoms with Gasteiger partial charge in [0.05, 0.1) is 10.6 Å². The lowest BCUT2D eigenvalue weighted by Crippen LogP contribution is -2.20. The molecular weight excluding hydrogens is 428 g/mol. The predicted molar refractivity (Wildman–Crippen MR) is 123 cm³/mol. The number of sulfone groups is 1. The summed E-state index contributed by atoms with van der Waals surface area (Å²) in [7, 11) is -3.55. The molecule has 0 heterocycles. The molecule has 0 aliphatic heterocycles. The van der Waals surface area contributed by atoms with Crippen LogP contribution in [0.4, 0.5) is 11.4 Å². The Kier molecular flexibility index (Phi) is 7.62. The van der Waals surface area contributed by atoms with Gasteiger partial charge in [-0.2, -0.15) is 0 Å². The number of anilines is 2. The highest BCUT2D eigenvalue weighted by Gasteiger charge is 2.16. The van der Waals surface area contributed by atoms with E-state index in [2.05, 4.69) is 10.6 Å². The van der Waals surface area contributed by atoms with Gasteiger partial charge in [0, 0.05) is 23.9 Å². The molecule has 0 aliphatic rings. The van der Waals surface area contributed by atoms with E-state index in [1.54, 1.807) is 48.5 Å². The third-order valence-electron chi connectivity index (χ3n) is 4.52. The summed E-state index contributed by atoms with van der Waals surface area (Å²) in [6.07, 6.45) is -0.180. The van der Waals surface area contributed by atoms with Crippen LogP contribution in [0, 0.1) is 6.92 Å². The predicted octanol–water partition coefficient (Wildman–Crippen LogP) is 3.82. The van der Waals surface area contributed by atoms with Crippen LogP contribution in [0.1, 0.15) is 12.0 Å². The van der Waals surface area contributed by atoms with E-state index in [1.807, 2.05) is 25.1 Å². The highest BCUT2D eigenvalue weighted by atomic mass is 32.2. The van der Waals surface area contributed by atoms with Crippen LogP contribution in [0.5, 0.6) is 5.75 Å². The first kappa shape index (κ1) is 23.0. The van der Waals surface area contributed by atoms with Crippen LogP contribution in [0.15, 0.2) is 83.8 Å². The lowest BCUT2D eigenvalue weighted by Gasteiger charge is -2.10. The number of carbonyl (C=O) groups excluding carboxylic acids is 2. The molecule has 0 saturated carbocycles. The third kappa shape index (κ3) is 6.95. The van der Waals surface area contributed by atoms with E-state index >= 15 is 0 Å². The zero-order valence-corrected chi connectivity index (χ0v) is 18.4. The lowest BCUT2D eigenvalue weighted by molar-refractivity contribution is -0.118. The van der Waals surface area contributed by atoms with Crippen LogP contribution < -0.4 is 15.4 Å². The number of ether oxygens (including phenoxy) is 1. The van der Waals surface area contributed by atoms with Crippen molar-refractivity contribution in [3.8, 4) is 5.75 Å². The first-order chi connectivity index (χ1) is 15.3. The molecule has 0 aromatic heterocycles. The zero-order valence-electron chi connectivity index (χ0n) is 17.6. The number of aryl methyl sites for hydroxylation is 1. The molecule has 0 radical (unpaired) electrons. The number of amides is 2. The Bertz CT molecular complexity index is 1180. The molecule has 3 aromatic rings. The zero-order chi connectivity index (χ0) is 23.0. The van der Waals surface area contributed by atoms with Crippen LogP contribution in [-0.4, -0.2) is 32.6 Å². The molecule has 7 nitrogen and oxygen atoms in total. The van der Waals surface area contributed by atoms with Gasteiger partial charge in [0.15, 0.2) is 16.4 Å². The smallest absolute Gasteiger partial charge is 0.262 e. The lowest BCUT2D eigenvalue weighted by atomic mass is 10.2. The van der Waals surface area contributed by atoms with Crippen molar-refractivity contribution in [1.82, 2.24) is 0 Å². The van der Waals surface area contributed by atoms with Crippen LogP contribution in [0.2, 0.25) is 0 Å². The van der Waals surface area contributed by atoms with Gasteiger partial charge < -0.3 is 15.4 Å². The minimum absolute atomic E-state index is 0.180. The maximum Gasteiger partial charge on any atom is 0.262 e. The molecule has 2 N–H and O–H groups in total. The van der Waals surface area contributed by atoms with E-state index in [4.69, 9.17) is 4.74 Å². The summed E-state index contributed by atoms with van der Waals surface area (Å²) in [4.78, 5) is 24.4. The summed E-state index contributed by atoms with van der Waals surface area (Å²) in [5.74, 6) is -0.637. The molecule has 0 fully saturated rings. The second kappa shape index (κ2) is 10.6. The Hall–Kier alpha value is -3.65. The fraction of sp³-hybridized carbons (Fsp3) is 0.167. The summed E-state index contributed by atoms with van der Waals surface area (Å²) < 4.78 is 30.3. The Labute approximate surface area is 187 Å². The van der Waals surface area contributed by atoms with Crippen molar-refractivity contribution in [3.05, 3.63) is 84.4 Å². The van der Waals surface area contributed by atoms with Gasteiger partial charge in [-0.15, -0.1) is 0 Å². The fourth-order valence-corrected chi connectivity index (χ4v) is 4.09. The van der Waals surface area contributed by atoms with E-state index in [0.29, 0.717) is 17.1 Å². The molecule has 0 atom stereocenters. The number of hydrogen-bond donors (Lipinski definition) is 2. The van der Waals surface area contributed by atoms with Gasteiger partial charge in [0.2, 0.25) is 5.91 Å². The van der Waals surface area contributed by atoms with E-state index in [9.17, 15) is 18.0 Å². The highest BCUT2D eigenvalue weighted by Crippen LogP contribution is 2.18. The van der Waals surface area contributed by atoms with Crippen molar-refractivity contribution >= 4 is 33.0 Å². The molecule has 32 heavy (non-hydrogen) atoms. The van der Waals surface area contributed by atoms with E-state index in [1.165, 1.54) is 12.1 Å². The molecule has 166 valence electrons. The summed E-state index contributed by atoms with van der Waals surface area (Å²) in [6.45, 7) is 1.68. The Morgan fingerprint density at radius 3 is 2.19 bits per heavy atom. The van der Waals surface area contributed by atoms with Crippen molar-refractivity contribution in [1.29, 1.82) is 0 Å². The van der Waals surface area contributed by atoms with Gasteiger partial charge >= 0.3 is 0 Å². The van der Waals surface area contributed by atoms with Crippen LogP contribution in [0.25, 0.3) is 0 Å². The topological polar surface area (TPSA) is 102 Å². The Balaban J connectivity index is 1.50. The SMILES string of the molecule is Cc1ccc(S(=O)(=O)CCC(=O)Nc2cccc(OCC(=O)Nc3ccccc3)c2)cc1. The van der Waals surface area contributed by atoms with Gasteiger partial charge in [-0.05, 0) is 43.3 Å². The minimum Gasteiger partial charge on any atom is -0.484 e. The molecule has 3 aromatic carbocycles. The number of rotatable bonds is 9. The van der Waals surface area contributed by atoms with Gasteiger partial charge in [-0.1, -0.05) is 42.0 Å². The van der Waals surface area contributed by atoms with E-state index in [-0.39, 0.29) is 29.6 Å². The largest absolute Gasteiger partial charge is 0.484 e. The molecule has 8 heteroatoms. The van der Waals surface area contributed by atoms with Crippen LogP contribution in [-0.2, 0) is 19.4 Å². The first-order valence-electron chi connectivity index (χ1n) is 9.99. The van der Waals surface area contributed by atoms with Gasteiger partial charge in [0.25, 0.3) is 5.91 Å². The highest BCUT2D eigenvalue weighted by molar-refractivity contribution is 7.91. The number of carbonyl (C=O) groups is 2. The molecule has 0 saturated heterocycles. The molecule has 0 spiro atoms.